The van der Waals surface area contributed by atoms with Gasteiger partial charge in [-0.1, -0.05) is 36.4 Å². The van der Waals surface area contributed by atoms with Crippen molar-refractivity contribution in [1.29, 1.82) is 0 Å². The van der Waals surface area contributed by atoms with E-state index in [1.165, 1.54) is 6.08 Å². The van der Waals surface area contributed by atoms with Gasteiger partial charge in [0.05, 0.1) is 6.54 Å². The van der Waals surface area contributed by atoms with Crippen LogP contribution in [0, 0.1) is 0 Å². The van der Waals surface area contributed by atoms with Crippen LogP contribution >= 0.6 is 11.6 Å². The third-order valence-corrected chi connectivity index (χ3v) is 2.11. The molecule has 0 aliphatic carbocycles. The Kier molecular flexibility index (Phi) is 5.23. The number of carbonyl (C=O) groups excluding carboxylic acids is 2. The molecule has 90 valence electrons. The van der Waals surface area contributed by atoms with E-state index in [2.05, 4.69) is 16.6 Å². The van der Waals surface area contributed by atoms with Crippen molar-refractivity contribution in [3.63, 3.8) is 0 Å². The van der Waals surface area contributed by atoms with Crippen LogP contribution in [-0.2, 0) is 4.74 Å². The van der Waals surface area contributed by atoms with Crippen LogP contribution in [0.3, 0.4) is 0 Å². The Balaban J connectivity index is 2.45. The van der Waals surface area contributed by atoms with Gasteiger partial charge in [-0.2, -0.15) is 0 Å². The molecule has 0 aliphatic rings. The number of ketones is 1. The fourth-order valence-corrected chi connectivity index (χ4v) is 1.29. The van der Waals surface area contributed by atoms with Crippen molar-refractivity contribution in [2.75, 3.05) is 13.2 Å². The number of alkyl carbamates (subject to hydrolysis) is 1. The lowest BCUT2D eigenvalue weighted by atomic mass is 10.1. The Hall–Kier alpha value is -1.81. The number of Topliss-reactive ketones (excluding diaryl/α,β-unsaturated/α-hetero) is 1. The lowest BCUT2D eigenvalue weighted by Gasteiger charge is -2.04. The Morgan fingerprint density at radius 3 is 2.88 bits per heavy atom. The highest BCUT2D eigenvalue weighted by Crippen LogP contribution is 2.10. The van der Waals surface area contributed by atoms with Crippen LogP contribution in [0.25, 0.3) is 0 Å². The normalized spacial score (nSPS) is 9.47. The molecule has 1 aromatic rings. The maximum absolute atomic E-state index is 11.6. The Labute approximate surface area is 104 Å². The highest BCUT2D eigenvalue weighted by atomic mass is 35.5. The minimum absolute atomic E-state index is 0.108. The summed E-state index contributed by atoms with van der Waals surface area (Å²) in [6, 6.07) is 6.52. The van der Waals surface area contributed by atoms with Crippen molar-refractivity contribution >= 4 is 23.5 Å². The van der Waals surface area contributed by atoms with Gasteiger partial charge in [0.2, 0.25) is 0 Å². The average Bonchev–Trinajstić information content (AvgIpc) is 2.33. The van der Waals surface area contributed by atoms with Crippen molar-refractivity contribution in [2.45, 2.75) is 0 Å². The topological polar surface area (TPSA) is 55.4 Å². The number of hydrogen-bond donors (Lipinski definition) is 1. The number of carbonyl (C=O) groups is 2. The summed E-state index contributed by atoms with van der Waals surface area (Å²) >= 11 is 5.74. The largest absolute Gasteiger partial charge is 0.445 e. The van der Waals surface area contributed by atoms with Gasteiger partial charge in [-0.25, -0.2) is 4.79 Å². The molecule has 0 atom stereocenters. The number of amides is 1. The molecule has 0 aliphatic heterocycles. The van der Waals surface area contributed by atoms with Gasteiger partial charge in [-0.15, -0.1) is 0 Å². The molecule has 0 bridgehead atoms. The van der Waals surface area contributed by atoms with E-state index in [-0.39, 0.29) is 18.9 Å². The SMILES string of the molecule is C=CCOC(=O)NCC(=O)c1cccc(Cl)c1. The molecule has 0 aromatic heterocycles. The van der Waals surface area contributed by atoms with E-state index < -0.39 is 6.09 Å². The van der Waals surface area contributed by atoms with Gasteiger partial charge in [0, 0.05) is 10.6 Å². The lowest BCUT2D eigenvalue weighted by Crippen LogP contribution is -2.30. The molecule has 0 saturated carbocycles. The Morgan fingerprint density at radius 2 is 2.24 bits per heavy atom. The summed E-state index contributed by atoms with van der Waals surface area (Å²) in [5.74, 6) is -0.233. The van der Waals surface area contributed by atoms with Gasteiger partial charge >= 0.3 is 6.09 Å². The first-order valence-corrected chi connectivity index (χ1v) is 5.31. The first-order valence-electron chi connectivity index (χ1n) is 4.94. The molecular formula is C12H12ClNO3. The standard InChI is InChI=1S/C12H12ClNO3/c1-2-6-17-12(16)14-8-11(15)9-4-3-5-10(13)7-9/h2-5,7H,1,6,8H2,(H,14,16). The molecule has 0 saturated heterocycles. The minimum atomic E-state index is -0.653. The number of rotatable bonds is 5. The monoisotopic (exact) mass is 253 g/mol. The molecule has 1 amide bonds. The molecule has 1 rings (SSSR count). The predicted molar refractivity (Wildman–Crippen MR) is 65.3 cm³/mol. The van der Waals surface area contributed by atoms with E-state index >= 15 is 0 Å². The molecule has 0 radical (unpaired) electrons. The van der Waals surface area contributed by atoms with Crippen LogP contribution < -0.4 is 5.32 Å². The van der Waals surface area contributed by atoms with Gasteiger partial charge in [0.15, 0.2) is 5.78 Å². The quantitative estimate of drug-likeness (QED) is 0.648. The summed E-state index contributed by atoms with van der Waals surface area (Å²) in [5, 5.41) is 2.81. The smallest absolute Gasteiger partial charge is 0.407 e. The summed E-state index contributed by atoms with van der Waals surface area (Å²) in [4.78, 5) is 22.7. The number of halogens is 1. The highest BCUT2D eigenvalue weighted by molar-refractivity contribution is 6.31. The summed E-state index contributed by atoms with van der Waals surface area (Å²) in [6.07, 6.45) is 0.790. The van der Waals surface area contributed by atoms with Crippen LogP contribution in [0.1, 0.15) is 10.4 Å². The van der Waals surface area contributed by atoms with Crippen LogP contribution in [0.15, 0.2) is 36.9 Å². The van der Waals surface area contributed by atoms with Crippen molar-refractivity contribution in [1.82, 2.24) is 5.32 Å². The lowest BCUT2D eigenvalue weighted by molar-refractivity contribution is 0.0980. The first-order chi connectivity index (χ1) is 8.13. The molecule has 0 spiro atoms. The molecule has 0 fully saturated rings. The summed E-state index contributed by atoms with van der Waals surface area (Å²) in [6.45, 7) is 3.38. The molecule has 1 N–H and O–H groups in total. The van der Waals surface area contributed by atoms with Crippen LogP contribution in [0.2, 0.25) is 5.02 Å². The van der Waals surface area contributed by atoms with Gasteiger partial charge in [0.1, 0.15) is 6.61 Å². The van der Waals surface area contributed by atoms with E-state index in [1.54, 1.807) is 24.3 Å². The second kappa shape index (κ2) is 6.70. The number of benzene rings is 1. The van der Waals surface area contributed by atoms with Gasteiger partial charge in [0.25, 0.3) is 0 Å². The Morgan fingerprint density at radius 1 is 1.47 bits per heavy atom. The van der Waals surface area contributed by atoms with Crippen molar-refractivity contribution < 1.29 is 14.3 Å². The van der Waals surface area contributed by atoms with Gasteiger partial charge in [-0.3, -0.25) is 4.79 Å². The zero-order chi connectivity index (χ0) is 12.7. The third kappa shape index (κ3) is 4.70. The van der Waals surface area contributed by atoms with E-state index in [9.17, 15) is 9.59 Å². The third-order valence-electron chi connectivity index (χ3n) is 1.87. The molecule has 17 heavy (non-hydrogen) atoms. The summed E-state index contributed by atoms with van der Waals surface area (Å²) in [5.41, 5.74) is 0.446. The zero-order valence-electron chi connectivity index (χ0n) is 9.11. The summed E-state index contributed by atoms with van der Waals surface area (Å²) in [7, 11) is 0. The molecule has 1 aromatic carbocycles. The number of hydrogen-bond acceptors (Lipinski definition) is 3. The molecule has 0 heterocycles. The van der Waals surface area contributed by atoms with Gasteiger partial charge < -0.3 is 10.1 Å². The number of nitrogens with one attached hydrogen (secondary N) is 1. The van der Waals surface area contributed by atoms with E-state index in [1.807, 2.05) is 0 Å². The maximum atomic E-state index is 11.6. The minimum Gasteiger partial charge on any atom is -0.445 e. The van der Waals surface area contributed by atoms with Crippen LogP contribution in [0.5, 0.6) is 0 Å². The molecule has 4 nitrogen and oxygen atoms in total. The molecular weight excluding hydrogens is 242 g/mol. The number of ether oxygens (including phenoxy) is 1. The second-order valence-electron chi connectivity index (χ2n) is 3.17. The maximum Gasteiger partial charge on any atom is 0.407 e. The van der Waals surface area contributed by atoms with E-state index in [4.69, 9.17) is 11.6 Å². The van der Waals surface area contributed by atoms with Crippen LogP contribution in [-0.4, -0.2) is 25.0 Å². The van der Waals surface area contributed by atoms with Crippen molar-refractivity contribution in [3.8, 4) is 0 Å². The van der Waals surface area contributed by atoms with Gasteiger partial charge in [-0.05, 0) is 12.1 Å². The van der Waals surface area contributed by atoms with Crippen LogP contribution in [0.4, 0.5) is 4.79 Å². The highest BCUT2D eigenvalue weighted by Gasteiger charge is 2.08. The second-order valence-corrected chi connectivity index (χ2v) is 3.61. The van der Waals surface area contributed by atoms with Crippen molar-refractivity contribution in [2.24, 2.45) is 0 Å². The molecule has 0 unspecified atom stereocenters. The fourth-order valence-electron chi connectivity index (χ4n) is 1.10. The van der Waals surface area contributed by atoms with E-state index in [0.29, 0.717) is 10.6 Å². The zero-order valence-corrected chi connectivity index (χ0v) is 9.87. The summed E-state index contributed by atoms with van der Waals surface area (Å²) < 4.78 is 4.65. The average molecular weight is 254 g/mol. The van der Waals surface area contributed by atoms with E-state index in [0.717, 1.165) is 0 Å². The first kappa shape index (κ1) is 13.3. The van der Waals surface area contributed by atoms with Crippen molar-refractivity contribution in [3.05, 3.63) is 47.5 Å². The fraction of sp³-hybridized carbons (Fsp3) is 0.167. The Bertz CT molecular complexity index is 432. The predicted octanol–water partition coefficient (Wildman–Crippen LogP) is 2.43. The molecule has 5 heteroatoms.